The number of hydrogen-bond acceptors (Lipinski definition) is 3. The van der Waals surface area contributed by atoms with Crippen molar-refractivity contribution in [2.75, 3.05) is 0 Å². The summed E-state index contributed by atoms with van der Waals surface area (Å²) in [6, 6.07) is 19.7. The minimum atomic E-state index is 0. The number of nitrogens with zero attached hydrogens (tertiary/aromatic N) is 1. The van der Waals surface area contributed by atoms with Crippen LogP contribution in [-0.2, 0) is 24.9 Å². The average molecular weight is 591 g/mol. The van der Waals surface area contributed by atoms with Crippen LogP contribution in [-0.4, -0.2) is 15.9 Å². The average Bonchev–Trinajstić information content (AvgIpc) is 2.74. The number of carbonyl (C=O) groups is 1. The van der Waals surface area contributed by atoms with E-state index in [4.69, 9.17) is 4.98 Å². The SMILES string of the molecule is Cc1cc(C)c2ccc(-c3[c-]cccc3)nc2c1.O=C1CCCC2CCCC(O)=C12.[Ir]. The standard InChI is InChI=1S/C17H14N.C10H14O2.Ir/c1-12-10-13(2)15-8-9-16(18-17(15)11-12)14-6-4-3-5-7-14;11-8-5-1-3-7-4-2-6-9(12)10(7)8;/h3-6,8-11H,1-2H3;7,11H,1-6H2;/q-1;;. The Bertz CT molecular complexity index is 1100. The van der Waals surface area contributed by atoms with Crippen LogP contribution < -0.4 is 0 Å². The van der Waals surface area contributed by atoms with E-state index in [1.807, 2.05) is 24.3 Å². The van der Waals surface area contributed by atoms with Gasteiger partial charge in [-0.2, -0.15) is 0 Å². The molecule has 1 heterocycles. The molecular formula is C27H28IrNO2-. The Labute approximate surface area is 198 Å². The minimum Gasteiger partial charge on any atom is -0.512 e. The van der Waals surface area contributed by atoms with Gasteiger partial charge in [-0.1, -0.05) is 18.2 Å². The quantitative estimate of drug-likeness (QED) is 0.322. The number of aromatic nitrogens is 1. The summed E-state index contributed by atoms with van der Waals surface area (Å²) in [6.07, 6.45) is 5.64. The Kier molecular flexibility index (Phi) is 7.80. The molecule has 0 spiro atoms. The third kappa shape index (κ3) is 5.31. The molecule has 1 radical (unpaired) electrons. The van der Waals surface area contributed by atoms with Crippen LogP contribution in [0.5, 0.6) is 0 Å². The zero-order valence-corrected chi connectivity index (χ0v) is 20.5. The Morgan fingerprint density at radius 2 is 1.81 bits per heavy atom. The number of aliphatic hydroxyl groups excluding tert-OH is 1. The third-order valence-corrected chi connectivity index (χ3v) is 6.09. The molecule has 1 fully saturated rings. The summed E-state index contributed by atoms with van der Waals surface area (Å²) in [6.45, 7) is 4.24. The fourth-order valence-corrected chi connectivity index (χ4v) is 4.65. The van der Waals surface area contributed by atoms with Crippen molar-refractivity contribution in [2.45, 2.75) is 52.4 Å². The number of aryl methyl sites for hydroxylation is 2. The molecule has 3 aromatic rings. The van der Waals surface area contributed by atoms with Gasteiger partial charge >= 0.3 is 0 Å². The van der Waals surface area contributed by atoms with E-state index in [0.29, 0.717) is 18.1 Å². The van der Waals surface area contributed by atoms with E-state index in [1.54, 1.807) is 0 Å². The number of benzene rings is 2. The molecule has 0 saturated heterocycles. The number of fused-ring (bicyclic) bond motifs is 2. The number of allylic oxidation sites excluding steroid dienone is 2. The molecule has 1 atom stereocenters. The number of hydrogen-bond donors (Lipinski definition) is 1. The topological polar surface area (TPSA) is 50.2 Å². The number of rotatable bonds is 1. The first kappa shape index (κ1) is 23.4. The molecule has 163 valence electrons. The van der Waals surface area contributed by atoms with Crippen molar-refractivity contribution in [2.24, 2.45) is 5.92 Å². The van der Waals surface area contributed by atoms with Crippen LogP contribution in [0.15, 0.2) is 59.9 Å². The van der Waals surface area contributed by atoms with Gasteiger partial charge in [-0.3, -0.25) is 9.78 Å². The Balaban J connectivity index is 0.000000183. The van der Waals surface area contributed by atoms with Crippen LogP contribution in [0.3, 0.4) is 0 Å². The van der Waals surface area contributed by atoms with E-state index in [2.05, 4.69) is 44.2 Å². The summed E-state index contributed by atoms with van der Waals surface area (Å²) in [5.41, 5.74) is 6.38. The van der Waals surface area contributed by atoms with E-state index in [-0.39, 0.29) is 25.9 Å². The fourth-order valence-electron chi connectivity index (χ4n) is 4.65. The number of carbonyl (C=O) groups excluding carboxylic acids is 1. The van der Waals surface area contributed by atoms with Crippen LogP contribution >= 0.6 is 0 Å². The first-order valence-electron chi connectivity index (χ1n) is 10.8. The van der Waals surface area contributed by atoms with Gasteiger partial charge in [-0.15, -0.1) is 35.9 Å². The van der Waals surface area contributed by atoms with Gasteiger partial charge < -0.3 is 5.11 Å². The van der Waals surface area contributed by atoms with Crippen molar-refractivity contribution in [3.8, 4) is 11.3 Å². The summed E-state index contributed by atoms with van der Waals surface area (Å²) in [5, 5.41) is 10.8. The van der Waals surface area contributed by atoms with Gasteiger partial charge in [0.25, 0.3) is 0 Å². The molecule has 0 amide bonds. The molecule has 5 rings (SSSR count). The Morgan fingerprint density at radius 1 is 1.03 bits per heavy atom. The third-order valence-electron chi connectivity index (χ3n) is 6.09. The van der Waals surface area contributed by atoms with Crippen molar-refractivity contribution in [3.05, 3.63) is 77.1 Å². The second-order valence-electron chi connectivity index (χ2n) is 8.39. The molecule has 2 aliphatic carbocycles. The van der Waals surface area contributed by atoms with Gasteiger partial charge in [0.1, 0.15) is 0 Å². The smallest absolute Gasteiger partial charge is 0.162 e. The van der Waals surface area contributed by atoms with Gasteiger partial charge in [0, 0.05) is 43.9 Å². The molecule has 2 aromatic carbocycles. The van der Waals surface area contributed by atoms with E-state index in [0.717, 1.165) is 54.5 Å². The molecule has 1 unspecified atom stereocenters. The Hall–Kier alpha value is -2.29. The van der Waals surface area contributed by atoms with E-state index in [1.165, 1.54) is 16.5 Å². The van der Waals surface area contributed by atoms with E-state index >= 15 is 0 Å². The normalized spacial score (nSPS) is 18.0. The number of ketones is 1. The van der Waals surface area contributed by atoms with Crippen LogP contribution in [0.1, 0.15) is 49.7 Å². The number of aliphatic hydroxyl groups is 1. The predicted molar refractivity (Wildman–Crippen MR) is 121 cm³/mol. The summed E-state index contributed by atoms with van der Waals surface area (Å²) in [5.74, 6) is 0.972. The van der Waals surface area contributed by atoms with Crippen molar-refractivity contribution < 1.29 is 30.0 Å². The monoisotopic (exact) mass is 591 g/mol. The van der Waals surface area contributed by atoms with E-state index in [9.17, 15) is 9.90 Å². The zero-order valence-electron chi connectivity index (χ0n) is 18.1. The van der Waals surface area contributed by atoms with Gasteiger partial charge in [0.15, 0.2) is 5.78 Å². The van der Waals surface area contributed by atoms with Gasteiger partial charge in [-0.05, 0) is 68.3 Å². The van der Waals surface area contributed by atoms with Crippen molar-refractivity contribution in [1.82, 2.24) is 4.98 Å². The van der Waals surface area contributed by atoms with Gasteiger partial charge in [-0.25, -0.2) is 0 Å². The minimum absolute atomic E-state index is 0. The zero-order chi connectivity index (χ0) is 21.1. The summed E-state index contributed by atoms with van der Waals surface area (Å²) >= 11 is 0. The summed E-state index contributed by atoms with van der Waals surface area (Å²) in [4.78, 5) is 16.2. The van der Waals surface area contributed by atoms with Gasteiger partial charge in [0.05, 0.1) is 11.3 Å². The number of pyridine rings is 1. The molecule has 0 aliphatic heterocycles. The predicted octanol–water partition coefficient (Wildman–Crippen LogP) is 6.67. The largest absolute Gasteiger partial charge is 0.512 e. The molecule has 1 N–H and O–H groups in total. The maximum Gasteiger partial charge on any atom is 0.162 e. The van der Waals surface area contributed by atoms with Crippen LogP contribution in [0, 0.1) is 25.8 Å². The first-order valence-corrected chi connectivity index (χ1v) is 10.8. The molecule has 0 bridgehead atoms. The van der Waals surface area contributed by atoms with E-state index < -0.39 is 0 Å². The number of Topliss-reactive ketones (excluding diaryl/α,β-unsaturated/α-hetero) is 1. The molecule has 31 heavy (non-hydrogen) atoms. The van der Waals surface area contributed by atoms with Crippen LogP contribution in [0.25, 0.3) is 22.2 Å². The molecule has 1 aromatic heterocycles. The fraction of sp³-hybridized carbons (Fsp3) is 0.333. The molecule has 4 heteroatoms. The maximum absolute atomic E-state index is 11.4. The maximum atomic E-state index is 11.4. The molecular weight excluding hydrogens is 563 g/mol. The summed E-state index contributed by atoms with van der Waals surface area (Å²) in [7, 11) is 0. The molecule has 2 aliphatic rings. The molecule has 3 nitrogen and oxygen atoms in total. The van der Waals surface area contributed by atoms with Crippen molar-refractivity contribution in [3.63, 3.8) is 0 Å². The Morgan fingerprint density at radius 3 is 2.52 bits per heavy atom. The van der Waals surface area contributed by atoms with Crippen molar-refractivity contribution >= 4 is 16.7 Å². The van der Waals surface area contributed by atoms with Crippen molar-refractivity contribution in [1.29, 1.82) is 0 Å². The second-order valence-corrected chi connectivity index (χ2v) is 8.39. The van der Waals surface area contributed by atoms with Crippen LogP contribution in [0.4, 0.5) is 0 Å². The second kappa shape index (κ2) is 10.3. The first-order chi connectivity index (χ1) is 14.5. The molecule has 1 saturated carbocycles. The van der Waals surface area contributed by atoms with Gasteiger partial charge in [0.2, 0.25) is 0 Å². The van der Waals surface area contributed by atoms with Crippen LogP contribution in [0.2, 0.25) is 0 Å². The summed E-state index contributed by atoms with van der Waals surface area (Å²) < 4.78 is 0.